The topological polar surface area (TPSA) is 96.9 Å². The van der Waals surface area contributed by atoms with E-state index in [0.717, 1.165) is 5.69 Å². The van der Waals surface area contributed by atoms with E-state index in [4.69, 9.17) is 0 Å². The number of alkyl halides is 2. The quantitative estimate of drug-likeness (QED) is 0.511. The van der Waals surface area contributed by atoms with Crippen LogP contribution in [-0.4, -0.2) is 39.6 Å². The van der Waals surface area contributed by atoms with Crippen molar-refractivity contribution in [3.8, 4) is 11.1 Å². The average Bonchev–Trinajstić information content (AvgIpc) is 2.74. The second-order valence-corrected chi connectivity index (χ2v) is 6.82. The molecule has 0 atom stereocenters. The van der Waals surface area contributed by atoms with E-state index in [2.05, 4.69) is 25.6 Å². The standard InChI is InChI=1S/C22H21F2N5O2/c1-14(30)22-19(29-21(31)12-26-11-18-5-6-25-13-28-18)9-17(10-27-22)16-4-2-3-15(7-16)8-20(23)24/h2-7,9-10,13,20,26H,8,11-12H2,1H3,(H,29,31). The summed E-state index contributed by atoms with van der Waals surface area (Å²) < 4.78 is 25.4. The van der Waals surface area contributed by atoms with Gasteiger partial charge >= 0.3 is 0 Å². The van der Waals surface area contributed by atoms with Crippen LogP contribution in [0.4, 0.5) is 14.5 Å². The number of aromatic nitrogens is 3. The number of pyridine rings is 1. The van der Waals surface area contributed by atoms with E-state index in [1.54, 1.807) is 42.6 Å². The number of nitrogens with one attached hydrogen (secondary N) is 2. The Kier molecular flexibility index (Phi) is 7.45. The minimum atomic E-state index is -2.45. The van der Waals surface area contributed by atoms with Crippen LogP contribution in [0.25, 0.3) is 11.1 Å². The number of hydrogen-bond donors (Lipinski definition) is 2. The van der Waals surface area contributed by atoms with Gasteiger partial charge in [0.05, 0.1) is 17.9 Å². The summed E-state index contributed by atoms with van der Waals surface area (Å²) in [6.45, 7) is 1.73. The lowest BCUT2D eigenvalue weighted by Crippen LogP contribution is -2.28. The highest BCUT2D eigenvalue weighted by atomic mass is 19.3. The summed E-state index contributed by atoms with van der Waals surface area (Å²) >= 11 is 0. The van der Waals surface area contributed by atoms with Crippen molar-refractivity contribution in [1.82, 2.24) is 20.3 Å². The molecule has 0 aliphatic heterocycles. The van der Waals surface area contributed by atoms with Crippen LogP contribution in [0.15, 0.2) is 55.1 Å². The molecule has 0 fully saturated rings. The van der Waals surface area contributed by atoms with Crippen LogP contribution in [0.1, 0.15) is 28.7 Å². The molecule has 7 nitrogen and oxygen atoms in total. The van der Waals surface area contributed by atoms with Gasteiger partial charge in [-0.2, -0.15) is 0 Å². The van der Waals surface area contributed by atoms with Gasteiger partial charge < -0.3 is 10.6 Å². The van der Waals surface area contributed by atoms with Gasteiger partial charge in [-0.25, -0.2) is 18.7 Å². The lowest BCUT2D eigenvalue weighted by atomic mass is 10.0. The molecule has 3 aromatic rings. The molecule has 0 spiro atoms. The molecule has 1 aromatic carbocycles. The first-order valence-corrected chi connectivity index (χ1v) is 9.56. The molecule has 0 radical (unpaired) electrons. The molecule has 0 saturated carbocycles. The van der Waals surface area contributed by atoms with Crippen molar-refractivity contribution in [2.24, 2.45) is 0 Å². The fourth-order valence-corrected chi connectivity index (χ4v) is 2.98. The maximum Gasteiger partial charge on any atom is 0.242 e. The summed E-state index contributed by atoms with van der Waals surface area (Å²) in [5.74, 6) is -0.663. The van der Waals surface area contributed by atoms with Crippen LogP contribution >= 0.6 is 0 Å². The van der Waals surface area contributed by atoms with Crippen LogP contribution in [0.3, 0.4) is 0 Å². The Labute approximate surface area is 178 Å². The van der Waals surface area contributed by atoms with Crippen molar-refractivity contribution >= 4 is 17.4 Å². The summed E-state index contributed by atoms with van der Waals surface area (Å²) in [7, 11) is 0. The van der Waals surface area contributed by atoms with E-state index in [0.29, 0.717) is 23.2 Å². The minimum Gasteiger partial charge on any atom is -0.323 e. The zero-order valence-corrected chi connectivity index (χ0v) is 16.8. The molecular formula is C22H21F2N5O2. The van der Waals surface area contributed by atoms with Crippen LogP contribution in [0, 0.1) is 0 Å². The molecule has 31 heavy (non-hydrogen) atoms. The molecule has 2 aromatic heterocycles. The zero-order valence-electron chi connectivity index (χ0n) is 16.8. The smallest absolute Gasteiger partial charge is 0.242 e. The normalized spacial score (nSPS) is 10.8. The summed E-state index contributed by atoms with van der Waals surface area (Å²) in [6.07, 6.45) is 1.72. The molecule has 2 heterocycles. The van der Waals surface area contributed by atoms with Crippen molar-refractivity contribution in [2.75, 3.05) is 11.9 Å². The third kappa shape index (κ3) is 6.45. The average molecular weight is 425 g/mol. The molecular weight excluding hydrogens is 404 g/mol. The number of hydrogen-bond acceptors (Lipinski definition) is 6. The first-order valence-electron chi connectivity index (χ1n) is 9.56. The number of benzene rings is 1. The number of amides is 1. The largest absolute Gasteiger partial charge is 0.323 e. The number of carbonyl (C=O) groups is 2. The second kappa shape index (κ2) is 10.4. The number of anilines is 1. The lowest BCUT2D eigenvalue weighted by molar-refractivity contribution is -0.115. The molecule has 0 saturated heterocycles. The van der Waals surface area contributed by atoms with Gasteiger partial charge in [0.25, 0.3) is 0 Å². The van der Waals surface area contributed by atoms with E-state index in [1.807, 2.05) is 0 Å². The SMILES string of the molecule is CC(=O)c1ncc(-c2cccc(CC(F)F)c2)cc1NC(=O)CNCc1ccncn1. The van der Waals surface area contributed by atoms with Gasteiger partial charge in [0.2, 0.25) is 12.3 Å². The Morgan fingerprint density at radius 3 is 2.65 bits per heavy atom. The highest BCUT2D eigenvalue weighted by molar-refractivity contribution is 6.03. The van der Waals surface area contributed by atoms with Crippen molar-refractivity contribution in [3.63, 3.8) is 0 Å². The molecule has 1 amide bonds. The summed E-state index contributed by atoms with van der Waals surface area (Å²) in [5.41, 5.74) is 2.88. The van der Waals surface area contributed by atoms with Gasteiger partial charge in [-0.15, -0.1) is 0 Å². The predicted octanol–water partition coefficient (Wildman–Crippen LogP) is 3.28. The van der Waals surface area contributed by atoms with Crippen molar-refractivity contribution in [1.29, 1.82) is 0 Å². The van der Waals surface area contributed by atoms with Crippen molar-refractivity contribution in [3.05, 3.63) is 72.1 Å². The van der Waals surface area contributed by atoms with Crippen molar-refractivity contribution < 1.29 is 18.4 Å². The van der Waals surface area contributed by atoms with Gasteiger partial charge in [0, 0.05) is 37.8 Å². The maximum atomic E-state index is 12.7. The van der Waals surface area contributed by atoms with Gasteiger partial charge in [-0.05, 0) is 23.3 Å². The van der Waals surface area contributed by atoms with Gasteiger partial charge in [0.15, 0.2) is 5.78 Å². The first-order chi connectivity index (χ1) is 14.9. The summed E-state index contributed by atoms with van der Waals surface area (Å²) in [5, 5.41) is 5.66. The van der Waals surface area contributed by atoms with E-state index < -0.39 is 6.43 Å². The molecule has 0 unspecified atom stereocenters. The lowest BCUT2D eigenvalue weighted by Gasteiger charge is -2.12. The molecule has 160 valence electrons. The zero-order chi connectivity index (χ0) is 22.2. The van der Waals surface area contributed by atoms with Gasteiger partial charge in [-0.1, -0.05) is 24.3 Å². The molecule has 0 aliphatic rings. The Balaban J connectivity index is 1.74. The van der Waals surface area contributed by atoms with Crippen LogP contribution in [0.2, 0.25) is 0 Å². The fraction of sp³-hybridized carbons (Fsp3) is 0.227. The first kappa shape index (κ1) is 22.1. The van der Waals surface area contributed by atoms with Crippen LogP contribution in [0.5, 0.6) is 0 Å². The molecule has 9 heteroatoms. The Hall–Kier alpha value is -3.59. The summed E-state index contributed by atoms with van der Waals surface area (Å²) in [6, 6.07) is 10.1. The van der Waals surface area contributed by atoms with E-state index in [1.165, 1.54) is 19.4 Å². The number of rotatable bonds is 9. The fourth-order valence-electron chi connectivity index (χ4n) is 2.98. The Morgan fingerprint density at radius 2 is 1.94 bits per heavy atom. The van der Waals surface area contributed by atoms with Gasteiger partial charge in [0.1, 0.15) is 12.0 Å². The highest BCUT2D eigenvalue weighted by Crippen LogP contribution is 2.26. The number of Topliss-reactive ketones (excluding diaryl/α,β-unsaturated/α-hetero) is 1. The molecule has 0 bridgehead atoms. The minimum absolute atomic E-state index is 0.00452. The molecule has 2 N–H and O–H groups in total. The number of ketones is 1. The molecule has 3 rings (SSSR count). The van der Waals surface area contributed by atoms with Crippen LogP contribution < -0.4 is 10.6 Å². The maximum absolute atomic E-state index is 12.7. The van der Waals surface area contributed by atoms with E-state index in [-0.39, 0.29) is 36.0 Å². The second-order valence-electron chi connectivity index (χ2n) is 6.82. The summed E-state index contributed by atoms with van der Waals surface area (Å²) in [4.78, 5) is 36.4. The van der Waals surface area contributed by atoms with Crippen molar-refractivity contribution in [2.45, 2.75) is 26.3 Å². The third-order valence-electron chi connectivity index (χ3n) is 4.38. The monoisotopic (exact) mass is 425 g/mol. The van der Waals surface area contributed by atoms with Crippen LogP contribution in [-0.2, 0) is 17.8 Å². The van der Waals surface area contributed by atoms with Gasteiger partial charge in [-0.3, -0.25) is 14.6 Å². The van der Waals surface area contributed by atoms with E-state index in [9.17, 15) is 18.4 Å². The number of halogens is 2. The number of carbonyl (C=O) groups excluding carboxylic acids is 2. The number of nitrogens with zero attached hydrogens (tertiary/aromatic N) is 3. The Bertz CT molecular complexity index is 1060. The predicted molar refractivity (Wildman–Crippen MR) is 112 cm³/mol. The molecule has 0 aliphatic carbocycles. The van der Waals surface area contributed by atoms with E-state index >= 15 is 0 Å². The highest BCUT2D eigenvalue weighted by Gasteiger charge is 2.14. The third-order valence-corrected chi connectivity index (χ3v) is 4.38. The Morgan fingerprint density at radius 1 is 1.10 bits per heavy atom.